The molecule has 0 saturated carbocycles. The monoisotopic (exact) mass is 390 g/mol. The van der Waals surface area contributed by atoms with E-state index in [1.54, 1.807) is 7.11 Å². The third-order valence-corrected chi connectivity index (χ3v) is 5.26. The van der Waals surface area contributed by atoms with E-state index in [0.29, 0.717) is 0 Å². The van der Waals surface area contributed by atoms with Crippen LogP contribution in [-0.4, -0.2) is 7.11 Å². The van der Waals surface area contributed by atoms with E-state index in [0.717, 1.165) is 28.6 Å². The van der Waals surface area contributed by atoms with Crippen molar-refractivity contribution in [2.24, 2.45) is 0 Å². The Kier molecular flexibility index (Phi) is 4.46. The third kappa shape index (κ3) is 3.14. The van der Waals surface area contributed by atoms with Gasteiger partial charge >= 0.3 is 0 Å². The van der Waals surface area contributed by atoms with E-state index < -0.39 is 0 Å². The quantitative estimate of drug-likeness (QED) is 0.510. The van der Waals surface area contributed by atoms with Crippen LogP contribution in [0.1, 0.15) is 27.8 Å². The maximum absolute atomic E-state index is 5.58. The van der Waals surface area contributed by atoms with Crippen LogP contribution in [-0.2, 0) is 12.8 Å². The van der Waals surface area contributed by atoms with Crippen LogP contribution in [0.15, 0.2) is 71.2 Å². The molecule has 1 aliphatic rings. The van der Waals surface area contributed by atoms with E-state index in [2.05, 4.69) is 76.6 Å². The fourth-order valence-electron chi connectivity index (χ4n) is 3.55. The van der Waals surface area contributed by atoms with E-state index in [1.807, 2.05) is 12.1 Å². The van der Waals surface area contributed by atoms with Crippen LogP contribution in [0.25, 0.3) is 11.6 Å². The number of halogens is 1. The van der Waals surface area contributed by atoms with Gasteiger partial charge in [0.15, 0.2) is 0 Å². The van der Waals surface area contributed by atoms with Crippen LogP contribution >= 0.6 is 15.9 Å². The summed E-state index contributed by atoms with van der Waals surface area (Å²) in [6.45, 7) is 0. The van der Waals surface area contributed by atoms with E-state index in [9.17, 15) is 0 Å². The molecule has 0 aliphatic heterocycles. The molecular weight excluding hydrogens is 372 g/mol. The Morgan fingerprint density at radius 1 is 0.840 bits per heavy atom. The predicted molar refractivity (Wildman–Crippen MR) is 108 cm³/mol. The van der Waals surface area contributed by atoms with Gasteiger partial charge in [0.1, 0.15) is 5.75 Å². The number of rotatable bonds is 2. The van der Waals surface area contributed by atoms with E-state index >= 15 is 0 Å². The number of aryl methyl sites for hydroxylation is 2. The molecule has 3 aromatic rings. The van der Waals surface area contributed by atoms with Gasteiger partial charge < -0.3 is 4.74 Å². The van der Waals surface area contributed by atoms with E-state index in [4.69, 9.17) is 4.74 Å². The second kappa shape index (κ2) is 6.89. The van der Waals surface area contributed by atoms with Crippen molar-refractivity contribution in [3.63, 3.8) is 0 Å². The van der Waals surface area contributed by atoms with Gasteiger partial charge in [0, 0.05) is 10.0 Å². The molecule has 0 spiro atoms. The summed E-state index contributed by atoms with van der Waals surface area (Å²) in [5, 5.41) is 0. The standard InChI is InChI=1S/C23H19BrO/c1-25-23-13-12-19(24)14-18(23)15-22-20-8-4-2-6-16(20)10-11-17-7-3-5-9-21(17)22/h2-9,12-15H,10-11H2,1H3. The molecule has 0 heterocycles. The summed E-state index contributed by atoms with van der Waals surface area (Å²) in [5.74, 6) is 0.884. The lowest BCUT2D eigenvalue weighted by Gasteiger charge is -2.13. The molecule has 4 rings (SSSR count). The summed E-state index contributed by atoms with van der Waals surface area (Å²) < 4.78 is 6.63. The highest BCUT2D eigenvalue weighted by atomic mass is 79.9. The lowest BCUT2D eigenvalue weighted by Crippen LogP contribution is -1.93. The van der Waals surface area contributed by atoms with Crippen molar-refractivity contribution in [3.8, 4) is 5.75 Å². The smallest absolute Gasteiger partial charge is 0.126 e. The number of ether oxygens (including phenoxy) is 1. The minimum absolute atomic E-state index is 0.884. The summed E-state index contributed by atoms with van der Waals surface area (Å²) >= 11 is 3.58. The second-order valence-corrected chi connectivity index (χ2v) is 7.17. The Balaban J connectivity index is 1.99. The van der Waals surface area contributed by atoms with Gasteiger partial charge in [-0.15, -0.1) is 0 Å². The molecule has 0 radical (unpaired) electrons. The number of methoxy groups -OCH3 is 1. The van der Waals surface area contributed by atoms with Crippen LogP contribution in [0.4, 0.5) is 0 Å². The van der Waals surface area contributed by atoms with E-state index in [-0.39, 0.29) is 0 Å². The molecule has 3 aromatic carbocycles. The number of hydrogen-bond acceptors (Lipinski definition) is 1. The topological polar surface area (TPSA) is 9.23 Å². The summed E-state index contributed by atoms with van der Waals surface area (Å²) in [4.78, 5) is 0. The Labute approximate surface area is 157 Å². The second-order valence-electron chi connectivity index (χ2n) is 6.26. The molecular formula is C23H19BrO. The van der Waals surface area contributed by atoms with Crippen LogP contribution in [0, 0.1) is 0 Å². The van der Waals surface area contributed by atoms with Crippen molar-refractivity contribution in [1.82, 2.24) is 0 Å². The summed E-state index contributed by atoms with van der Waals surface area (Å²) in [5.41, 5.74) is 7.78. The minimum Gasteiger partial charge on any atom is -0.496 e. The first-order valence-electron chi connectivity index (χ1n) is 8.48. The Morgan fingerprint density at radius 2 is 1.44 bits per heavy atom. The van der Waals surface area contributed by atoms with Crippen LogP contribution in [0.3, 0.4) is 0 Å². The molecule has 0 atom stereocenters. The first kappa shape index (κ1) is 16.2. The van der Waals surface area contributed by atoms with Crippen molar-refractivity contribution in [2.45, 2.75) is 12.8 Å². The highest BCUT2D eigenvalue weighted by Gasteiger charge is 2.18. The average molecular weight is 391 g/mol. The molecule has 124 valence electrons. The predicted octanol–water partition coefficient (Wildman–Crippen LogP) is 6.15. The first-order valence-corrected chi connectivity index (χ1v) is 9.27. The molecule has 0 saturated heterocycles. The van der Waals surface area contributed by atoms with Crippen LogP contribution < -0.4 is 4.74 Å². The fraction of sp³-hybridized carbons (Fsp3) is 0.130. The summed E-state index contributed by atoms with van der Waals surface area (Å²) in [7, 11) is 1.72. The highest BCUT2D eigenvalue weighted by molar-refractivity contribution is 9.10. The summed E-state index contributed by atoms with van der Waals surface area (Å²) in [6, 6.07) is 23.6. The SMILES string of the molecule is COc1ccc(Br)cc1C=C1c2ccccc2CCc2ccccc21. The average Bonchev–Trinajstić information content (AvgIpc) is 2.80. The third-order valence-electron chi connectivity index (χ3n) is 4.77. The molecule has 25 heavy (non-hydrogen) atoms. The van der Waals surface area contributed by atoms with Crippen molar-refractivity contribution < 1.29 is 4.74 Å². The Hall–Kier alpha value is -2.32. The van der Waals surface area contributed by atoms with Crippen molar-refractivity contribution in [1.29, 1.82) is 0 Å². The maximum atomic E-state index is 5.58. The molecule has 0 unspecified atom stereocenters. The lowest BCUT2D eigenvalue weighted by atomic mass is 9.92. The van der Waals surface area contributed by atoms with Crippen molar-refractivity contribution >= 4 is 27.6 Å². The zero-order valence-corrected chi connectivity index (χ0v) is 15.7. The molecule has 0 bridgehead atoms. The molecule has 0 aromatic heterocycles. The lowest BCUT2D eigenvalue weighted by molar-refractivity contribution is 0.414. The zero-order valence-electron chi connectivity index (χ0n) is 14.1. The number of fused-ring (bicyclic) bond motifs is 2. The van der Waals surface area contributed by atoms with Gasteiger partial charge in [-0.2, -0.15) is 0 Å². The van der Waals surface area contributed by atoms with Gasteiger partial charge in [-0.25, -0.2) is 0 Å². The van der Waals surface area contributed by atoms with E-state index in [1.165, 1.54) is 27.8 Å². The Bertz CT molecular complexity index is 906. The number of hydrogen-bond donors (Lipinski definition) is 0. The minimum atomic E-state index is 0.884. The van der Waals surface area contributed by atoms with Gasteiger partial charge in [-0.3, -0.25) is 0 Å². The van der Waals surface area contributed by atoms with Crippen molar-refractivity contribution in [2.75, 3.05) is 7.11 Å². The molecule has 0 N–H and O–H groups in total. The normalized spacial score (nSPS) is 12.8. The Morgan fingerprint density at radius 3 is 2.04 bits per heavy atom. The molecule has 0 fully saturated rings. The van der Waals surface area contributed by atoms with Crippen LogP contribution in [0.5, 0.6) is 5.75 Å². The molecule has 2 heteroatoms. The molecule has 1 nitrogen and oxygen atoms in total. The first-order chi connectivity index (χ1) is 12.3. The maximum Gasteiger partial charge on any atom is 0.126 e. The molecule has 0 amide bonds. The van der Waals surface area contributed by atoms with Gasteiger partial charge in [-0.1, -0.05) is 64.5 Å². The van der Waals surface area contributed by atoms with Gasteiger partial charge in [-0.05, 0) is 64.9 Å². The summed E-state index contributed by atoms with van der Waals surface area (Å²) in [6.07, 6.45) is 4.40. The van der Waals surface area contributed by atoms with Crippen molar-refractivity contribution in [3.05, 3.63) is 99.0 Å². The van der Waals surface area contributed by atoms with Gasteiger partial charge in [0.05, 0.1) is 7.11 Å². The van der Waals surface area contributed by atoms with Gasteiger partial charge in [0.25, 0.3) is 0 Å². The zero-order chi connectivity index (χ0) is 17.2. The highest BCUT2D eigenvalue weighted by Crippen LogP contribution is 2.36. The largest absolute Gasteiger partial charge is 0.496 e. The fourth-order valence-corrected chi connectivity index (χ4v) is 3.92. The molecule has 1 aliphatic carbocycles. The van der Waals surface area contributed by atoms with Crippen LogP contribution in [0.2, 0.25) is 0 Å². The number of benzene rings is 3. The van der Waals surface area contributed by atoms with Gasteiger partial charge in [0.2, 0.25) is 0 Å².